The highest BCUT2D eigenvalue weighted by Crippen LogP contribution is 2.29. The number of hydrogen-bond donors (Lipinski definition) is 1. The fourth-order valence-electron chi connectivity index (χ4n) is 0.935. The quantitative estimate of drug-likeness (QED) is 0.462. The number of halogens is 1. The predicted octanol–water partition coefficient (Wildman–Crippen LogP) is 2.07. The van der Waals surface area contributed by atoms with E-state index >= 15 is 0 Å². The largest absolute Gasteiger partial charge is 0.380 e. The molecule has 1 rings (SSSR count). The molecular weight excluding hydrogens is 194 g/mol. The summed E-state index contributed by atoms with van der Waals surface area (Å²) in [6.07, 6.45) is 1.42. The average molecular weight is 202 g/mol. The molecule has 5 nitrogen and oxygen atoms in total. The fourth-order valence-corrected chi connectivity index (χ4v) is 1.16. The van der Waals surface area contributed by atoms with Gasteiger partial charge in [0, 0.05) is 12.7 Å². The second-order valence-corrected chi connectivity index (χ2v) is 2.64. The number of pyridine rings is 1. The van der Waals surface area contributed by atoms with Crippen molar-refractivity contribution in [3.8, 4) is 0 Å². The minimum Gasteiger partial charge on any atom is -0.380 e. The molecule has 0 amide bonds. The lowest BCUT2D eigenvalue weighted by molar-refractivity contribution is -0.384. The van der Waals surface area contributed by atoms with Gasteiger partial charge in [0.05, 0.1) is 4.92 Å². The van der Waals surface area contributed by atoms with Crippen LogP contribution in [0.15, 0.2) is 12.3 Å². The predicted molar refractivity (Wildman–Crippen MR) is 50.1 cm³/mol. The molecule has 1 aromatic rings. The van der Waals surface area contributed by atoms with Crippen molar-refractivity contribution in [3.05, 3.63) is 27.5 Å². The number of nitrogens with one attached hydrogen (secondary N) is 1. The summed E-state index contributed by atoms with van der Waals surface area (Å²) in [6, 6.07) is 1.52. The molecule has 0 aliphatic heterocycles. The monoisotopic (exact) mass is 201 g/mol. The van der Waals surface area contributed by atoms with Gasteiger partial charge in [0.1, 0.15) is 5.69 Å². The lowest BCUT2D eigenvalue weighted by Gasteiger charge is -2.03. The number of hydrogen-bond acceptors (Lipinski definition) is 4. The molecule has 0 aliphatic rings. The van der Waals surface area contributed by atoms with Gasteiger partial charge in [-0.25, -0.2) is 4.98 Å². The second kappa shape index (κ2) is 4.04. The van der Waals surface area contributed by atoms with Crippen molar-refractivity contribution in [1.29, 1.82) is 0 Å². The van der Waals surface area contributed by atoms with Gasteiger partial charge < -0.3 is 5.32 Å². The van der Waals surface area contributed by atoms with Crippen molar-refractivity contribution in [1.82, 2.24) is 4.98 Å². The van der Waals surface area contributed by atoms with Crippen LogP contribution in [0.4, 0.5) is 11.4 Å². The van der Waals surface area contributed by atoms with Crippen molar-refractivity contribution in [2.75, 3.05) is 11.9 Å². The Morgan fingerprint density at radius 2 is 2.46 bits per heavy atom. The minimum absolute atomic E-state index is 0.0940. The van der Waals surface area contributed by atoms with Gasteiger partial charge in [-0.2, -0.15) is 0 Å². The van der Waals surface area contributed by atoms with E-state index in [-0.39, 0.29) is 10.8 Å². The summed E-state index contributed by atoms with van der Waals surface area (Å²) in [6.45, 7) is 2.44. The second-order valence-electron chi connectivity index (χ2n) is 2.29. The smallest absolute Gasteiger partial charge is 0.329 e. The van der Waals surface area contributed by atoms with Crippen LogP contribution >= 0.6 is 11.6 Å². The van der Waals surface area contributed by atoms with E-state index < -0.39 is 4.92 Å². The molecule has 0 saturated carbocycles. The van der Waals surface area contributed by atoms with Crippen LogP contribution in [0.25, 0.3) is 0 Å². The molecule has 6 heteroatoms. The molecule has 0 unspecified atom stereocenters. The van der Waals surface area contributed by atoms with Crippen LogP contribution in [-0.2, 0) is 0 Å². The van der Waals surface area contributed by atoms with Crippen LogP contribution in [0.5, 0.6) is 0 Å². The SMILES string of the molecule is CCNc1ccnc(Cl)c1[N+](=O)[O-]. The normalized spacial score (nSPS) is 9.69. The van der Waals surface area contributed by atoms with E-state index in [0.29, 0.717) is 12.2 Å². The maximum Gasteiger partial charge on any atom is 0.329 e. The van der Waals surface area contributed by atoms with Crippen LogP contribution in [-0.4, -0.2) is 16.5 Å². The van der Waals surface area contributed by atoms with E-state index in [0.717, 1.165) is 0 Å². The third-order valence-electron chi connectivity index (χ3n) is 1.43. The lowest BCUT2D eigenvalue weighted by Crippen LogP contribution is -2.02. The van der Waals surface area contributed by atoms with Gasteiger partial charge in [-0.15, -0.1) is 0 Å². The molecule has 1 aromatic heterocycles. The summed E-state index contributed by atoms with van der Waals surface area (Å²) in [5, 5.41) is 13.3. The third kappa shape index (κ3) is 2.06. The number of nitro groups is 1. The van der Waals surface area contributed by atoms with Gasteiger partial charge in [0.15, 0.2) is 0 Å². The van der Waals surface area contributed by atoms with Crippen LogP contribution in [0, 0.1) is 10.1 Å². The molecule has 0 aliphatic carbocycles. The van der Waals surface area contributed by atoms with Crippen LogP contribution in [0.1, 0.15) is 6.92 Å². The van der Waals surface area contributed by atoms with Crippen molar-refractivity contribution >= 4 is 23.0 Å². The van der Waals surface area contributed by atoms with E-state index in [1.54, 1.807) is 0 Å². The van der Waals surface area contributed by atoms with Crippen molar-refractivity contribution < 1.29 is 4.92 Å². The molecule has 1 N–H and O–H groups in total. The minimum atomic E-state index is -0.548. The standard InChI is InChI=1S/C7H8ClN3O2/c1-2-9-5-3-4-10-7(8)6(5)11(12)13/h3-4H,2H2,1H3,(H,9,10). The van der Waals surface area contributed by atoms with E-state index in [2.05, 4.69) is 10.3 Å². The Balaban J connectivity index is 3.17. The molecule has 0 atom stereocenters. The molecule has 0 fully saturated rings. The van der Waals surface area contributed by atoms with Gasteiger partial charge in [-0.1, -0.05) is 11.6 Å². The first-order valence-corrected chi connectivity index (χ1v) is 4.07. The summed E-state index contributed by atoms with van der Waals surface area (Å²) in [5.41, 5.74) is 0.221. The van der Waals surface area contributed by atoms with Crippen LogP contribution < -0.4 is 5.32 Å². The molecule has 70 valence electrons. The van der Waals surface area contributed by atoms with E-state index in [9.17, 15) is 10.1 Å². The first-order chi connectivity index (χ1) is 6.16. The van der Waals surface area contributed by atoms with Crippen LogP contribution in [0.2, 0.25) is 5.15 Å². The van der Waals surface area contributed by atoms with E-state index in [1.165, 1.54) is 12.3 Å². The number of rotatable bonds is 3. The Morgan fingerprint density at radius 3 is 3.00 bits per heavy atom. The Hall–Kier alpha value is -1.36. The first-order valence-electron chi connectivity index (χ1n) is 3.69. The van der Waals surface area contributed by atoms with Gasteiger partial charge >= 0.3 is 5.69 Å². The van der Waals surface area contributed by atoms with Crippen molar-refractivity contribution in [2.45, 2.75) is 6.92 Å². The number of anilines is 1. The third-order valence-corrected chi connectivity index (χ3v) is 1.71. The summed E-state index contributed by atoms with van der Waals surface area (Å²) in [7, 11) is 0. The van der Waals surface area contributed by atoms with Gasteiger partial charge in [0.2, 0.25) is 5.15 Å². The Kier molecular flexibility index (Phi) is 3.02. The summed E-state index contributed by atoms with van der Waals surface area (Å²) in [4.78, 5) is 13.6. The van der Waals surface area contributed by atoms with Crippen molar-refractivity contribution in [3.63, 3.8) is 0 Å². The Bertz CT molecular complexity index is 330. The Labute approximate surface area is 79.9 Å². The summed E-state index contributed by atoms with van der Waals surface area (Å²) >= 11 is 5.57. The zero-order chi connectivity index (χ0) is 9.84. The van der Waals surface area contributed by atoms with Gasteiger partial charge in [0.25, 0.3) is 0 Å². The van der Waals surface area contributed by atoms with Gasteiger partial charge in [-0.05, 0) is 13.0 Å². The molecule has 1 heterocycles. The Morgan fingerprint density at radius 1 is 1.77 bits per heavy atom. The molecule has 0 radical (unpaired) electrons. The van der Waals surface area contributed by atoms with Crippen molar-refractivity contribution in [2.24, 2.45) is 0 Å². The molecular formula is C7H8ClN3O2. The van der Waals surface area contributed by atoms with Crippen LogP contribution in [0.3, 0.4) is 0 Å². The average Bonchev–Trinajstić information content (AvgIpc) is 2.04. The van der Waals surface area contributed by atoms with E-state index in [1.807, 2.05) is 6.92 Å². The zero-order valence-corrected chi connectivity index (χ0v) is 7.71. The highest BCUT2D eigenvalue weighted by atomic mass is 35.5. The topological polar surface area (TPSA) is 68.1 Å². The number of aromatic nitrogens is 1. The molecule has 0 bridgehead atoms. The highest BCUT2D eigenvalue weighted by molar-refractivity contribution is 6.32. The van der Waals surface area contributed by atoms with E-state index in [4.69, 9.17) is 11.6 Å². The molecule has 0 spiro atoms. The first kappa shape index (κ1) is 9.73. The highest BCUT2D eigenvalue weighted by Gasteiger charge is 2.18. The molecule has 13 heavy (non-hydrogen) atoms. The fraction of sp³-hybridized carbons (Fsp3) is 0.286. The van der Waals surface area contributed by atoms with Gasteiger partial charge in [-0.3, -0.25) is 10.1 Å². The summed E-state index contributed by atoms with van der Waals surface area (Å²) in [5.74, 6) is 0. The lowest BCUT2D eigenvalue weighted by atomic mass is 10.3. The zero-order valence-electron chi connectivity index (χ0n) is 6.95. The molecule has 0 saturated heterocycles. The summed E-state index contributed by atoms with van der Waals surface area (Å²) < 4.78 is 0. The number of nitrogens with zero attached hydrogens (tertiary/aromatic N) is 2. The molecule has 0 aromatic carbocycles. The maximum atomic E-state index is 10.6. The maximum absolute atomic E-state index is 10.6.